The van der Waals surface area contributed by atoms with Crippen molar-refractivity contribution in [3.05, 3.63) is 53.7 Å². The highest BCUT2D eigenvalue weighted by molar-refractivity contribution is 6.03. The lowest BCUT2D eigenvalue weighted by atomic mass is 9.94. The van der Waals surface area contributed by atoms with E-state index in [0.29, 0.717) is 29.5 Å². The molecule has 0 spiro atoms. The van der Waals surface area contributed by atoms with E-state index in [0.717, 1.165) is 29.3 Å². The first-order chi connectivity index (χ1) is 14.1. The minimum atomic E-state index is -0.538. The van der Waals surface area contributed by atoms with Gasteiger partial charge in [0.05, 0.1) is 12.0 Å². The predicted molar refractivity (Wildman–Crippen MR) is 108 cm³/mol. The summed E-state index contributed by atoms with van der Waals surface area (Å²) in [5, 5.41) is 3.86. The van der Waals surface area contributed by atoms with Gasteiger partial charge in [0.2, 0.25) is 12.7 Å². The van der Waals surface area contributed by atoms with Crippen LogP contribution < -0.4 is 14.8 Å². The average molecular weight is 394 g/mol. The molecule has 0 radical (unpaired) electrons. The Hall–Kier alpha value is -3.48. The molecular formula is C22H22N2O5. The molecule has 3 aromatic rings. The van der Waals surface area contributed by atoms with E-state index in [1.165, 1.54) is 0 Å². The smallest absolute Gasteiger partial charge is 0.354 e. The van der Waals surface area contributed by atoms with E-state index >= 15 is 0 Å². The van der Waals surface area contributed by atoms with Crippen molar-refractivity contribution in [2.75, 3.05) is 18.7 Å². The van der Waals surface area contributed by atoms with Crippen LogP contribution in [0.4, 0.5) is 5.69 Å². The number of aromatic nitrogens is 1. The fourth-order valence-electron chi connectivity index (χ4n) is 3.75. The van der Waals surface area contributed by atoms with Crippen LogP contribution in [0.1, 0.15) is 37.2 Å². The number of anilines is 1. The zero-order valence-corrected chi connectivity index (χ0v) is 15.9. The van der Waals surface area contributed by atoms with Gasteiger partial charge in [-0.2, -0.15) is 0 Å². The van der Waals surface area contributed by atoms with Crippen LogP contribution in [0.2, 0.25) is 0 Å². The molecule has 5 rings (SSSR count). The number of rotatable bonds is 5. The van der Waals surface area contributed by atoms with E-state index < -0.39 is 11.4 Å². The van der Waals surface area contributed by atoms with Crippen molar-refractivity contribution in [3.63, 3.8) is 0 Å². The van der Waals surface area contributed by atoms with Crippen LogP contribution in [0.5, 0.6) is 11.5 Å². The summed E-state index contributed by atoms with van der Waals surface area (Å²) in [4.78, 5) is 28.0. The number of carbonyl (C=O) groups is 2. The molecule has 1 aliphatic carbocycles. The third kappa shape index (κ3) is 2.99. The highest BCUT2D eigenvalue weighted by Gasteiger charge is 2.51. The normalized spacial score (nSPS) is 15.9. The fraction of sp³-hybridized carbons (Fsp3) is 0.273. The topological polar surface area (TPSA) is 89.7 Å². The molecule has 0 bridgehead atoms. The van der Waals surface area contributed by atoms with Gasteiger partial charge in [-0.3, -0.25) is 4.79 Å². The Balaban J connectivity index is 0.00000218. The average Bonchev–Trinajstić information content (AvgIpc) is 3.21. The number of hydrogen-bond acceptors (Lipinski definition) is 5. The standard InChI is InChI=1S/C22H20N2O5.H2/c1-2-27-20(25)17-10-13-9-15(4-5-16(13)24-17)23-21(26)22(7-8-22)14-3-6-18-19(11-14)29-12-28-18;/h3-6,9-11,24H,2,7-8,12H2,1H3,(H,23,26);1H. The lowest BCUT2D eigenvalue weighted by molar-refractivity contribution is -0.118. The minimum Gasteiger partial charge on any atom is -0.461 e. The Morgan fingerprint density at radius 2 is 1.97 bits per heavy atom. The van der Waals surface area contributed by atoms with Crippen molar-refractivity contribution in [1.29, 1.82) is 0 Å². The van der Waals surface area contributed by atoms with Gasteiger partial charge in [0.25, 0.3) is 0 Å². The van der Waals surface area contributed by atoms with Gasteiger partial charge in [-0.25, -0.2) is 4.79 Å². The largest absolute Gasteiger partial charge is 0.461 e. The summed E-state index contributed by atoms with van der Waals surface area (Å²) < 4.78 is 15.8. The number of hydrogen-bond donors (Lipinski definition) is 2. The number of amides is 1. The van der Waals surface area contributed by atoms with Crippen molar-refractivity contribution in [2.24, 2.45) is 0 Å². The fourth-order valence-corrected chi connectivity index (χ4v) is 3.75. The van der Waals surface area contributed by atoms with Crippen LogP contribution >= 0.6 is 0 Å². The second kappa shape index (κ2) is 6.55. The van der Waals surface area contributed by atoms with E-state index in [1.807, 2.05) is 36.4 Å². The minimum absolute atomic E-state index is 0. The third-order valence-corrected chi connectivity index (χ3v) is 5.48. The molecule has 2 N–H and O–H groups in total. The first-order valence-corrected chi connectivity index (χ1v) is 9.60. The highest BCUT2D eigenvalue weighted by Crippen LogP contribution is 2.51. The van der Waals surface area contributed by atoms with Gasteiger partial charge in [0.1, 0.15) is 5.69 Å². The van der Waals surface area contributed by atoms with Gasteiger partial charge >= 0.3 is 5.97 Å². The van der Waals surface area contributed by atoms with Crippen LogP contribution in [0.15, 0.2) is 42.5 Å². The number of carbonyl (C=O) groups excluding carboxylic acids is 2. The summed E-state index contributed by atoms with van der Waals surface area (Å²) in [5.41, 5.74) is 2.28. The van der Waals surface area contributed by atoms with Crippen molar-refractivity contribution in [3.8, 4) is 11.5 Å². The maximum absolute atomic E-state index is 13.1. The van der Waals surface area contributed by atoms with E-state index in [2.05, 4.69) is 10.3 Å². The SMILES string of the molecule is CCOC(=O)c1cc2cc(NC(=O)C3(c4ccc5c(c4)OCO5)CC3)ccc2[nH]1.[HH]. The molecule has 0 atom stereocenters. The zero-order valence-electron chi connectivity index (χ0n) is 15.9. The summed E-state index contributed by atoms with van der Waals surface area (Å²) in [6.07, 6.45) is 1.58. The second-order valence-electron chi connectivity index (χ2n) is 7.31. The molecule has 1 amide bonds. The number of benzene rings is 2. The number of fused-ring (bicyclic) bond motifs is 2. The summed E-state index contributed by atoms with van der Waals surface area (Å²) in [6.45, 7) is 2.29. The third-order valence-electron chi connectivity index (χ3n) is 5.48. The molecule has 0 unspecified atom stereocenters. The van der Waals surface area contributed by atoms with Gasteiger partial charge in [-0.1, -0.05) is 6.07 Å². The van der Waals surface area contributed by atoms with E-state index in [-0.39, 0.29) is 14.1 Å². The van der Waals surface area contributed by atoms with Crippen LogP contribution in [-0.4, -0.2) is 30.3 Å². The van der Waals surface area contributed by atoms with Crippen molar-refractivity contribution < 1.29 is 25.2 Å². The van der Waals surface area contributed by atoms with E-state index in [1.54, 1.807) is 13.0 Å². The molecule has 0 saturated heterocycles. The maximum atomic E-state index is 13.1. The van der Waals surface area contributed by atoms with Crippen molar-refractivity contribution in [1.82, 2.24) is 4.98 Å². The van der Waals surface area contributed by atoms with E-state index in [9.17, 15) is 9.59 Å². The quantitative estimate of drug-likeness (QED) is 0.639. The van der Waals surface area contributed by atoms with Crippen LogP contribution in [0.3, 0.4) is 0 Å². The van der Waals surface area contributed by atoms with Gasteiger partial charge < -0.3 is 24.5 Å². The Morgan fingerprint density at radius 3 is 2.76 bits per heavy atom. The molecular weight excluding hydrogens is 372 g/mol. The van der Waals surface area contributed by atoms with Gasteiger partial charge in [0, 0.05) is 18.0 Å². The maximum Gasteiger partial charge on any atom is 0.354 e. The van der Waals surface area contributed by atoms with Gasteiger partial charge in [0.15, 0.2) is 11.5 Å². The molecule has 1 saturated carbocycles. The van der Waals surface area contributed by atoms with E-state index in [4.69, 9.17) is 14.2 Å². The number of ether oxygens (including phenoxy) is 3. The second-order valence-corrected chi connectivity index (χ2v) is 7.31. The van der Waals surface area contributed by atoms with Gasteiger partial charge in [-0.15, -0.1) is 0 Å². The van der Waals surface area contributed by atoms with Crippen LogP contribution in [-0.2, 0) is 14.9 Å². The van der Waals surface area contributed by atoms with Crippen LogP contribution in [0.25, 0.3) is 10.9 Å². The number of H-pyrrole nitrogens is 1. The number of aromatic amines is 1. The molecule has 150 valence electrons. The molecule has 29 heavy (non-hydrogen) atoms. The summed E-state index contributed by atoms with van der Waals surface area (Å²) >= 11 is 0. The first-order valence-electron chi connectivity index (χ1n) is 9.60. The lowest BCUT2D eigenvalue weighted by Crippen LogP contribution is -2.27. The number of nitrogens with one attached hydrogen (secondary N) is 2. The van der Waals surface area contributed by atoms with Crippen LogP contribution in [0, 0.1) is 0 Å². The molecule has 7 nitrogen and oxygen atoms in total. The summed E-state index contributed by atoms with van der Waals surface area (Å²) in [7, 11) is 0. The zero-order chi connectivity index (χ0) is 20.0. The van der Waals surface area contributed by atoms with Crippen molar-refractivity contribution in [2.45, 2.75) is 25.2 Å². The Labute approximate surface area is 168 Å². The molecule has 2 heterocycles. The predicted octanol–water partition coefficient (Wildman–Crippen LogP) is 3.99. The lowest BCUT2D eigenvalue weighted by Gasteiger charge is -2.16. The molecule has 1 aliphatic heterocycles. The molecule has 2 aliphatic rings. The first kappa shape index (κ1) is 17.6. The molecule has 1 aromatic heterocycles. The Bertz CT molecular complexity index is 1140. The summed E-state index contributed by atoms with van der Waals surface area (Å²) in [5.74, 6) is 0.952. The summed E-state index contributed by atoms with van der Waals surface area (Å²) in [6, 6.07) is 12.9. The Morgan fingerprint density at radius 1 is 1.14 bits per heavy atom. The molecule has 2 aromatic carbocycles. The monoisotopic (exact) mass is 394 g/mol. The number of esters is 1. The Kier molecular flexibility index (Phi) is 3.97. The van der Waals surface area contributed by atoms with Crippen molar-refractivity contribution >= 4 is 28.5 Å². The highest BCUT2D eigenvalue weighted by atomic mass is 16.7. The molecule has 1 fully saturated rings. The molecule has 7 heteroatoms. The van der Waals surface area contributed by atoms with Gasteiger partial charge in [-0.05, 0) is 61.7 Å².